The van der Waals surface area contributed by atoms with Gasteiger partial charge in [0.1, 0.15) is 0 Å². The summed E-state index contributed by atoms with van der Waals surface area (Å²) < 4.78 is 0. The maximum absolute atomic E-state index is 10.7. The third-order valence-electron chi connectivity index (χ3n) is 4.70. The van der Waals surface area contributed by atoms with Gasteiger partial charge >= 0.3 is 0 Å². The largest absolute Gasteiger partial charge is 0.298 e. The van der Waals surface area contributed by atoms with E-state index in [4.69, 9.17) is 0 Å². The Morgan fingerprint density at radius 2 is 1.77 bits per heavy atom. The Bertz CT molecular complexity index is 772. The molecule has 0 aromatic heterocycles. The number of hydrogen-bond donors (Lipinski definition) is 0. The number of non-ortho nitro benzene ring substituents is 1. The van der Waals surface area contributed by atoms with Crippen LogP contribution in [0.1, 0.15) is 35.1 Å². The highest BCUT2D eigenvalue weighted by atomic mass is 35.5. The zero-order chi connectivity index (χ0) is 17.6. The first-order valence-corrected chi connectivity index (χ1v) is 8.82. The SMILES string of the molecule is CN(C/C=C/c1ccc([N+](=O)[O-])cc1)Cc1ccc2c(c1)CCCC2.Cl. The molecule has 0 radical (unpaired) electrons. The summed E-state index contributed by atoms with van der Waals surface area (Å²) in [6, 6.07) is 13.5. The third-order valence-corrected chi connectivity index (χ3v) is 4.70. The van der Waals surface area contributed by atoms with Crippen molar-refractivity contribution in [3.05, 3.63) is 80.9 Å². The van der Waals surface area contributed by atoms with E-state index in [1.807, 2.05) is 6.08 Å². The van der Waals surface area contributed by atoms with E-state index in [1.165, 1.54) is 54.5 Å². The Balaban J connectivity index is 0.00000243. The number of rotatable bonds is 6. The van der Waals surface area contributed by atoms with E-state index >= 15 is 0 Å². The number of fused-ring (bicyclic) bond motifs is 1. The lowest BCUT2D eigenvalue weighted by atomic mass is 9.90. The molecule has 0 aliphatic heterocycles. The molecule has 3 rings (SSSR count). The fraction of sp³-hybridized carbons (Fsp3) is 0.333. The molecule has 0 saturated heterocycles. The lowest BCUT2D eigenvalue weighted by Gasteiger charge is -2.19. The number of benzene rings is 2. The van der Waals surface area contributed by atoms with Crippen LogP contribution < -0.4 is 0 Å². The molecule has 2 aromatic rings. The molecule has 0 atom stereocenters. The molecule has 4 nitrogen and oxygen atoms in total. The van der Waals surface area contributed by atoms with Crippen molar-refractivity contribution in [2.45, 2.75) is 32.2 Å². The zero-order valence-corrected chi connectivity index (χ0v) is 15.9. The molecular weight excluding hydrogens is 348 g/mol. The van der Waals surface area contributed by atoms with Crippen LogP contribution in [0.3, 0.4) is 0 Å². The van der Waals surface area contributed by atoms with E-state index in [-0.39, 0.29) is 23.0 Å². The maximum Gasteiger partial charge on any atom is 0.269 e. The number of nitrogens with zero attached hydrogens (tertiary/aromatic N) is 2. The molecule has 0 fully saturated rings. The lowest BCUT2D eigenvalue weighted by molar-refractivity contribution is -0.384. The van der Waals surface area contributed by atoms with Gasteiger partial charge in [0.15, 0.2) is 0 Å². The Hall–Kier alpha value is -2.17. The highest BCUT2D eigenvalue weighted by Crippen LogP contribution is 2.22. The van der Waals surface area contributed by atoms with Gasteiger partial charge in [0.25, 0.3) is 5.69 Å². The second-order valence-electron chi connectivity index (χ2n) is 6.76. The molecule has 1 aliphatic carbocycles. The van der Waals surface area contributed by atoms with Gasteiger partial charge in [-0.2, -0.15) is 0 Å². The number of halogens is 1. The highest BCUT2D eigenvalue weighted by molar-refractivity contribution is 5.85. The summed E-state index contributed by atoms with van der Waals surface area (Å²) >= 11 is 0. The molecule has 0 saturated carbocycles. The van der Waals surface area contributed by atoms with Crippen LogP contribution in [0.5, 0.6) is 0 Å². The van der Waals surface area contributed by atoms with Crippen molar-refractivity contribution in [2.75, 3.05) is 13.6 Å². The smallest absolute Gasteiger partial charge is 0.269 e. The molecule has 0 heterocycles. The first-order valence-electron chi connectivity index (χ1n) is 8.82. The van der Waals surface area contributed by atoms with Crippen LogP contribution in [0.25, 0.3) is 6.08 Å². The molecule has 0 unspecified atom stereocenters. The van der Waals surface area contributed by atoms with Gasteiger partial charge in [-0.05, 0) is 67.1 Å². The monoisotopic (exact) mass is 372 g/mol. The van der Waals surface area contributed by atoms with Crippen molar-refractivity contribution in [1.82, 2.24) is 4.90 Å². The first-order chi connectivity index (χ1) is 12.1. The Morgan fingerprint density at radius 1 is 1.08 bits per heavy atom. The van der Waals surface area contributed by atoms with Gasteiger partial charge in [-0.25, -0.2) is 0 Å². The predicted octanol–water partition coefficient (Wildman–Crippen LogP) is 5.04. The number of nitro benzene ring substituents is 1. The summed E-state index contributed by atoms with van der Waals surface area (Å²) in [5.74, 6) is 0. The number of nitro groups is 1. The molecular formula is C21H25ClN2O2. The minimum atomic E-state index is -0.375. The fourth-order valence-electron chi connectivity index (χ4n) is 3.34. The topological polar surface area (TPSA) is 46.4 Å². The van der Waals surface area contributed by atoms with Gasteiger partial charge in [-0.3, -0.25) is 15.0 Å². The molecule has 2 aromatic carbocycles. The minimum Gasteiger partial charge on any atom is -0.298 e. The predicted molar refractivity (Wildman–Crippen MR) is 109 cm³/mol. The van der Waals surface area contributed by atoms with Gasteiger partial charge in [-0.15, -0.1) is 12.4 Å². The molecule has 26 heavy (non-hydrogen) atoms. The van der Waals surface area contributed by atoms with Crippen LogP contribution in [-0.2, 0) is 19.4 Å². The van der Waals surface area contributed by atoms with Gasteiger partial charge in [0, 0.05) is 25.2 Å². The van der Waals surface area contributed by atoms with E-state index in [2.05, 4.69) is 36.2 Å². The van der Waals surface area contributed by atoms with Crippen LogP contribution >= 0.6 is 12.4 Å². The fourth-order valence-corrected chi connectivity index (χ4v) is 3.34. The second kappa shape index (κ2) is 9.51. The van der Waals surface area contributed by atoms with Crippen molar-refractivity contribution < 1.29 is 4.92 Å². The molecule has 138 valence electrons. The van der Waals surface area contributed by atoms with Crippen LogP contribution in [0.2, 0.25) is 0 Å². The summed E-state index contributed by atoms with van der Waals surface area (Å²) in [7, 11) is 2.11. The summed E-state index contributed by atoms with van der Waals surface area (Å²) in [5, 5.41) is 10.7. The summed E-state index contributed by atoms with van der Waals surface area (Å²) in [4.78, 5) is 12.6. The standard InChI is InChI=1S/C21H24N2O2.ClH/c1-22(14-4-5-17-9-12-21(13-10-17)23(24)25)16-18-8-11-19-6-2-3-7-20(19)15-18;/h4-5,8-13,15H,2-3,6-7,14,16H2,1H3;1H/b5-4+;. The summed E-state index contributed by atoms with van der Waals surface area (Å²) in [6.45, 7) is 1.77. The molecule has 5 heteroatoms. The average Bonchev–Trinajstić information content (AvgIpc) is 2.62. The highest BCUT2D eigenvalue weighted by Gasteiger charge is 2.10. The molecule has 0 spiro atoms. The normalized spacial score (nSPS) is 13.5. The first kappa shape index (κ1) is 20.1. The summed E-state index contributed by atoms with van der Waals surface area (Å²) in [5.41, 5.74) is 5.52. The molecule has 0 bridgehead atoms. The van der Waals surface area contributed by atoms with Crippen LogP contribution in [0.4, 0.5) is 5.69 Å². The third kappa shape index (κ3) is 5.41. The van der Waals surface area contributed by atoms with Crippen molar-refractivity contribution >= 4 is 24.2 Å². The van der Waals surface area contributed by atoms with Gasteiger partial charge < -0.3 is 0 Å². The van der Waals surface area contributed by atoms with Crippen molar-refractivity contribution in [2.24, 2.45) is 0 Å². The molecule has 1 aliphatic rings. The van der Waals surface area contributed by atoms with Gasteiger partial charge in [0.05, 0.1) is 4.92 Å². The van der Waals surface area contributed by atoms with Crippen molar-refractivity contribution in [3.63, 3.8) is 0 Å². The molecule has 0 amide bonds. The Kier molecular flexibility index (Phi) is 7.37. The quantitative estimate of drug-likeness (QED) is 0.527. The van der Waals surface area contributed by atoms with Crippen LogP contribution in [0.15, 0.2) is 48.5 Å². The molecule has 0 N–H and O–H groups in total. The Labute approximate surface area is 161 Å². The van der Waals surface area contributed by atoms with E-state index < -0.39 is 0 Å². The van der Waals surface area contributed by atoms with Crippen molar-refractivity contribution in [1.29, 1.82) is 0 Å². The van der Waals surface area contributed by atoms with Crippen molar-refractivity contribution in [3.8, 4) is 0 Å². The number of hydrogen-bond acceptors (Lipinski definition) is 3. The van der Waals surface area contributed by atoms with E-state index in [1.54, 1.807) is 12.1 Å². The van der Waals surface area contributed by atoms with Crippen LogP contribution in [0, 0.1) is 10.1 Å². The lowest BCUT2D eigenvalue weighted by Crippen LogP contribution is -2.18. The van der Waals surface area contributed by atoms with E-state index in [0.29, 0.717) is 0 Å². The second-order valence-corrected chi connectivity index (χ2v) is 6.76. The Morgan fingerprint density at radius 3 is 2.46 bits per heavy atom. The van der Waals surface area contributed by atoms with E-state index in [9.17, 15) is 10.1 Å². The summed E-state index contributed by atoms with van der Waals surface area (Å²) in [6.07, 6.45) is 9.17. The van der Waals surface area contributed by atoms with Gasteiger partial charge in [0.2, 0.25) is 0 Å². The van der Waals surface area contributed by atoms with Gasteiger partial charge in [-0.1, -0.05) is 30.4 Å². The maximum atomic E-state index is 10.7. The van der Waals surface area contributed by atoms with Crippen LogP contribution in [-0.4, -0.2) is 23.4 Å². The average molecular weight is 373 g/mol. The zero-order valence-electron chi connectivity index (χ0n) is 15.1. The number of likely N-dealkylation sites (N-methyl/N-ethyl adjacent to an activating group) is 1. The van der Waals surface area contributed by atoms with E-state index in [0.717, 1.165) is 18.7 Å². The minimum absolute atomic E-state index is 0. The number of aryl methyl sites for hydroxylation is 2.